The number of benzene rings is 1. The minimum absolute atomic E-state index is 0.145. The summed E-state index contributed by atoms with van der Waals surface area (Å²) in [4.78, 5) is 38.2. The van der Waals surface area contributed by atoms with Gasteiger partial charge in [-0.1, -0.05) is 12.1 Å². The first-order valence-corrected chi connectivity index (χ1v) is 8.73. The Labute approximate surface area is 159 Å². The second kappa shape index (κ2) is 9.03. The van der Waals surface area contributed by atoms with Crippen molar-refractivity contribution in [2.75, 3.05) is 26.2 Å². The molecule has 1 N–H and O–H groups in total. The fraction of sp³-hybridized carbons (Fsp3) is 0.500. The lowest BCUT2D eigenvalue weighted by molar-refractivity contribution is -0.157. The fourth-order valence-corrected chi connectivity index (χ4v) is 2.94. The Morgan fingerprint density at radius 1 is 1.25 bits per heavy atom. The van der Waals surface area contributed by atoms with Crippen LogP contribution in [0.15, 0.2) is 24.3 Å². The number of rotatable bonds is 7. The first-order valence-electron chi connectivity index (χ1n) is 8.73. The SMILES string of the molecule is CCN(CC(=O)NCc1ccc(F)cc1)C(=O)C1CC(=O)N(CC(F)(F)F)C1. The summed E-state index contributed by atoms with van der Waals surface area (Å²) in [5.74, 6) is -3.02. The van der Waals surface area contributed by atoms with Crippen LogP contribution in [-0.4, -0.2) is 59.9 Å². The van der Waals surface area contributed by atoms with Crippen LogP contribution < -0.4 is 5.32 Å². The lowest BCUT2D eigenvalue weighted by Crippen LogP contribution is -2.44. The second-order valence-electron chi connectivity index (χ2n) is 6.55. The maximum absolute atomic E-state index is 12.9. The molecule has 1 aliphatic rings. The molecule has 1 heterocycles. The Morgan fingerprint density at radius 3 is 2.46 bits per heavy atom. The van der Waals surface area contributed by atoms with Crippen molar-refractivity contribution in [3.63, 3.8) is 0 Å². The predicted molar refractivity (Wildman–Crippen MR) is 91.2 cm³/mol. The van der Waals surface area contributed by atoms with Crippen LogP contribution in [0, 0.1) is 11.7 Å². The van der Waals surface area contributed by atoms with E-state index in [-0.39, 0.29) is 32.6 Å². The molecular weight excluding hydrogens is 382 g/mol. The maximum Gasteiger partial charge on any atom is 0.406 e. The van der Waals surface area contributed by atoms with Crippen LogP contribution in [0.1, 0.15) is 18.9 Å². The van der Waals surface area contributed by atoms with Gasteiger partial charge in [-0.25, -0.2) is 4.39 Å². The van der Waals surface area contributed by atoms with E-state index >= 15 is 0 Å². The molecule has 1 aromatic carbocycles. The zero-order valence-electron chi connectivity index (χ0n) is 15.3. The van der Waals surface area contributed by atoms with E-state index < -0.39 is 42.2 Å². The summed E-state index contributed by atoms with van der Waals surface area (Å²) in [6, 6.07) is 5.54. The van der Waals surface area contributed by atoms with Crippen molar-refractivity contribution < 1.29 is 31.9 Å². The standard InChI is InChI=1S/C18H21F4N3O3/c1-2-24(10-15(26)23-8-12-3-5-14(19)6-4-12)17(28)13-7-16(27)25(9-13)11-18(20,21)22/h3-6,13H,2,7-11H2,1H3,(H,23,26). The van der Waals surface area contributed by atoms with Crippen molar-refractivity contribution in [1.82, 2.24) is 15.1 Å². The summed E-state index contributed by atoms with van der Waals surface area (Å²) in [7, 11) is 0. The molecule has 0 aliphatic carbocycles. The van der Waals surface area contributed by atoms with Gasteiger partial charge in [-0.3, -0.25) is 14.4 Å². The molecule has 1 atom stereocenters. The molecule has 0 aromatic heterocycles. The lowest BCUT2D eigenvalue weighted by atomic mass is 10.1. The third kappa shape index (κ3) is 6.21. The highest BCUT2D eigenvalue weighted by Gasteiger charge is 2.41. The highest BCUT2D eigenvalue weighted by atomic mass is 19.4. The van der Waals surface area contributed by atoms with Gasteiger partial charge in [-0.2, -0.15) is 13.2 Å². The summed E-state index contributed by atoms with van der Waals surface area (Å²) in [6.07, 6.45) is -4.83. The van der Waals surface area contributed by atoms with Crippen LogP contribution in [0.4, 0.5) is 17.6 Å². The van der Waals surface area contributed by atoms with Gasteiger partial charge in [0.25, 0.3) is 0 Å². The first kappa shape index (κ1) is 21.6. The second-order valence-corrected chi connectivity index (χ2v) is 6.55. The molecule has 2 rings (SSSR count). The number of alkyl halides is 3. The molecule has 1 aromatic rings. The molecule has 1 saturated heterocycles. The molecule has 0 bridgehead atoms. The number of nitrogens with one attached hydrogen (secondary N) is 1. The summed E-state index contributed by atoms with van der Waals surface area (Å²) >= 11 is 0. The quantitative estimate of drug-likeness (QED) is 0.705. The first-order chi connectivity index (χ1) is 13.1. The molecule has 1 fully saturated rings. The predicted octanol–water partition coefficient (Wildman–Crippen LogP) is 1.70. The number of nitrogens with zero attached hydrogens (tertiary/aromatic N) is 2. The van der Waals surface area contributed by atoms with E-state index in [1.54, 1.807) is 6.92 Å². The third-order valence-corrected chi connectivity index (χ3v) is 4.36. The molecule has 154 valence electrons. The molecule has 3 amide bonds. The Bertz CT molecular complexity index is 722. The van der Waals surface area contributed by atoms with E-state index in [1.165, 1.54) is 29.2 Å². The van der Waals surface area contributed by atoms with Crippen molar-refractivity contribution in [2.24, 2.45) is 5.92 Å². The van der Waals surface area contributed by atoms with Crippen LogP contribution >= 0.6 is 0 Å². The van der Waals surface area contributed by atoms with E-state index in [0.717, 1.165) is 0 Å². The van der Waals surface area contributed by atoms with Gasteiger partial charge in [-0.05, 0) is 24.6 Å². The lowest BCUT2D eigenvalue weighted by Gasteiger charge is -2.24. The van der Waals surface area contributed by atoms with E-state index in [0.29, 0.717) is 10.5 Å². The van der Waals surface area contributed by atoms with Crippen molar-refractivity contribution >= 4 is 17.7 Å². The summed E-state index contributed by atoms with van der Waals surface area (Å²) < 4.78 is 50.3. The molecule has 6 nitrogen and oxygen atoms in total. The molecule has 1 unspecified atom stereocenters. The average Bonchev–Trinajstić information content (AvgIpc) is 2.97. The summed E-state index contributed by atoms with van der Waals surface area (Å²) in [5, 5.41) is 2.60. The third-order valence-electron chi connectivity index (χ3n) is 4.36. The molecular formula is C18H21F4N3O3. The van der Waals surface area contributed by atoms with Gasteiger partial charge in [0.1, 0.15) is 12.4 Å². The van der Waals surface area contributed by atoms with Gasteiger partial charge in [0, 0.05) is 26.1 Å². The van der Waals surface area contributed by atoms with Gasteiger partial charge in [-0.15, -0.1) is 0 Å². The van der Waals surface area contributed by atoms with Gasteiger partial charge in [0.2, 0.25) is 17.7 Å². The van der Waals surface area contributed by atoms with E-state index in [2.05, 4.69) is 5.32 Å². The zero-order chi connectivity index (χ0) is 20.9. The number of hydrogen-bond donors (Lipinski definition) is 1. The molecule has 0 spiro atoms. The minimum Gasteiger partial charge on any atom is -0.350 e. The van der Waals surface area contributed by atoms with Crippen molar-refractivity contribution in [3.05, 3.63) is 35.6 Å². The molecule has 1 aliphatic heterocycles. The van der Waals surface area contributed by atoms with Gasteiger partial charge in [0.05, 0.1) is 12.5 Å². The van der Waals surface area contributed by atoms with Gasteiger partial charge in [0.15, 0.2) is 0 Å². The number of amides is 3. The maximum atomic E-state index is 12.9. The number of carbonyl (C=O) groups is 3. The van der Waals surface area contributed by atoms with E-state index in [1.807, 2.05) is 0 Å². The molecule has 0 saturated carbocycles. The average molecular weight is 403 g/mol. The minimum atomic E-state index is -4.53. The number of hydrogen-bond acceptors (Lipinski definition) is 3. The highest BCUT2D eigenvalue weighted by Crippen LogP contribution is 2.25. The van der Waals surface area contributed by atoms with Crippen molar-refractivity contribution in [1.29, 1.82) is 0 Å². The van der Waals surface area contributed by atoms with E-state index in [4.69, 9.17) is 0 Å². The van der Waals surface area contributed by atoms with Gasteiger partial charge < -0.3 is 15.1 Å². The Morgan fingerprint density at radius 2 is 1.89 bits per heavy atom. The Hall–Kier alpha value is -2.65. The smallest absolute Gasteiger partial charge is 0.350 e. The number of likely N-dealkylation sites (N-methyl/N-ethyl adjacent to an activating group) is 1. The normalized spacial score (nSPS) is 17.0. The van der Waals surface area contributed by atoms with Crippen molar-refractivity contribution in [3.8, 4) is 0 Å². The monoisotopic (exact) mass is 403 g/mol. The number of likely N-dealkylation sites (tertiary alicyclic amines) is 1. The van der Waals surface area contributed by atoms with Crippen LogP contribution in [0.5, 0.6) is 0 Å². The highest BCUT2D eigenvalue weighted by molar-refractivity contribution is 5.91. The number of carbonyl (C=O) groups excluding carboxylic acids is 3. The zero-order valence-corrected chi connectivity index (χ0v) is 15.3. The summed E-state index contributed by atoms with van der Waals surface area (Å²) in [5.41, 5.74) is 0.674. The van der Waals surface area contributed by atoms with Crippen molar-refractivity contribution in [2.45, 2.75) is 26.1 Å². The molecule has 28 heavy (non-hydrogen) atoms. The van der Waals surface area contributed by atoms with Gasteiger partial charge >= 0.3 is 6.18 Å². The fourth-order valence-electron chi connectivity index (χ4n) is 2.94. The van der Waals surface area contributed by atoms with Crippen LogP contribution in [0.3, 0.4) is 0 Å². The Kier molecular flexibility index (Phi) is 6.98. The van der Waals surface area contributed by atoms with Crippen LogP contribution in [0.2, 0.25) is 0 Å². The topological polar surface area (TPSA) is 69.7 Å². The van der Waals surface area contributed by atoms with E-state index in [9.17, 15) is 31.9 Å². The molecule has 0 radical (unpaired) electrons. The number of halogens is 4. The summed E-state index contributed by atoms with van der Waals surface area (Å²) in [6.45, 7) is -0.0282. The van der Waals surface area contributed by atoms with Crippen LogP contribution in [-0.2, 0) is 20.9 Å². The van der Waals surface area contributed by atoms with Crippen LogP contribution in [0.25, 0.3) is 0 Å². The Balaban J connectivity index is 1.88. The largest absolute Gasteiger partial charge is 0.406 e. The molecule has 10 heteroatoms.